The summed E-state index contributed by atoms with van der Waals surface area (Å²) in [6, 6.07) is 6.21. The Morgan fingerprint density at radius 3 is 3.11 bits per heavy atom. The van der Waals surface area contributed by atoms with Crippen molar-refractivity contribution in [2.45, 2.75) is 25.4 Å². The molecule has 0 aliphatic carbocycles. The van der Waals surface area contributed by atoms with Crippen molar-refractivity contribution in [3.8, 4) is 5.75 Å². The zero-order valence-corrected chi connectivity index (χ0v) is 10.9. The molecule has 1 aliphatic heterocycles. The minimum absolute atomic E-state index is 0.0301. The Morgan fingerprint density at radius 2 is 2.33 bits per heavy atom. The molecule has 0 spiro atoms. The topological polar surface area (TPSA) is 58.7 Å². The maximum Gasteiger partial charge on any atom is 0.122 e. The number of likely N-dealkylation sites (N-methyl/N-ethyl adjacent to an activating group) is 1. The third-order valence-electron chi connectivity index (χ3n) is 3.21. The number of benzene rings is 1. The summed E-state index contributed by atoms with van der Waals surface area (Å²) < 4.78 is 5.60. The number of aliphatic hydroxyl groups is 1. The van der Waals surface area contributed by atoms with Gasteiger partial charge in [0.05, 0.1) is 13.2 Å². The molecule has 4 nitrogen and oxygen atoms in total. The van der Waals surface area contributed by atoms with Crippen molar-refractivity contribution < 1.29 is 9.84 Å². The SMILES string of the molecule is CN(Cc1ccc2c(c1)CCCO2)CC(N)CO. The molecular weight excluding hydrogens is 228 g/mol. The van der Waals surface area contributed by atoms with Crippen molar-refractivity contribution in [2.24, 2.45) is 5.73 Å². The van der Waals surface area contributed by atoms with Crippen molar-refractivity contribution in [1.29, 1.82) is 0 Å². The molecule has 18 heavy (non-hydrogen) atoms. The smallest absolute Gasteiger partial charge is 0.122 e. The molecule has 0 amide bonds. The van der Waals surface area contributed by atoms with E-state index in [1.807, 2.05) is 7.05 Å². The van der Waals surface area contributed by atoms with Crippen molar-refractivity contribution >= 4 is 0 Å². The number of rotatable bonds is 5. The normalized spacial score (nSPS) is 16.2. The quantitative estimate of drug-likeness (QED) is 0.810. The zero-order valence-electron chi connectivity index (χ0n) is 10.9. The van der Waals surface area contributed by atoms with E-state index in [0.29, 0.717) is 6.54 Å². The van der Waals surface area contributed by atoms with Crippen LogP contribution < -0.4 is 10.5 Å². The van der Waals surface area contributed by atoms with Crippen LogP contribution in [0.25, 0.3) is 0 Å². The average Bonchev–Trinajstić information content (AvgIpc) is 2.38. The molecule has 0 fully saturated rings. The first-order valence-corrected chi connectivity index (χ1v) is 6.48. The maximum absolute atomic E-state index is 8.94. The standard InChI is InChI=1S/C14H22N2O2/c1-16(9-13(15)10-17)8-11-4-5-14-12(7-11)3-2-6-18-14/h4-5,7,13,17H,2-3,6,8-10,15H2,1H3. The molecule has 4 heteroatoms. The number of aryl methyl sites for hydroxylation is 1. The van der Waals surface area contributed by atoms with Crippen LogP contribution in [0.3, 0.4) is 0 Å². The van der Waals surface area contributed by atoms with Crippen LogP contribution >= 0.6 is 0 Å². The van der Waals surface area contributed by atoms with Crippen LogP contribution in [0.15, 0.2) is 18.2 Å². The van der Waals surface area contributed by atoms with Gasteiger partial charge in [0.2, 0.25) is 0 Å². The molecule has 0 saturated heterocycles. The van der Waals surface area contributed by atoms with Crippen molar-refractivity contribution in [2.75, 3.05) is 26.8 Å². The van der Waals surface area contributed by atoms with E-state index >= 15 is 0 Å². The van der Waals surface area contributed by atoms with Gasteiger partial charge in [0.15, 0.2) is 0 Å². The van der Waals surface area contributed by atoms with Crippen LogP contribution in [-0.4, -0.2) is 42.9 Å². The van der Waals surface area contributed by atoms with Crippen LogP contribution in [0.1, 0.15) is 17.5 Å². The predicted molar refractivity (Wildman–Crippen MR) is 71.7 cm³/mol. The summed E-state index contributed by atoms with van der Waals surface area (Å²) in [5.41, 5.74) is 8.30. The molecule has 1 aromatic rings. The summed E-state index contributed by atoms with van der Waals surface area (Å²) >= 11 is 0. The van der Waals surface area contributed by atoms with Gasteiger partial charge in [-0.05, 0) is 37.1 Å². The highest BCUT2D eigenvalue weighted by Gasteiger charge is 2.12. The Bertz CT molecular complexity index is 395. The monoisotopic (exact) mass is 250 g/mol. The first-order chi connectivity index (χ1) is 8.69. The highest BCUT2D eigenvalue weighted by molar-refractivity contribution is 5.38. The molecule has 0 saturated carbocycles. The highest BCUT2D eigenvalue weighted by Crippen LogP contribution is 2.25. The second-order valence-corrected chi connectivity index (χ2v) is 5.03. The molecule has 0 aromatic heterocycles. The molecule has 1 aliphatic rings. The van der Waals surface area contributed by atoms with Crippen molar-refractivity contribution in [3.05, 3.63) is 29.3 Å². The largest absolute Gasteiger partial charge is 0.493 e. The van der Waals surface area contributed by atoms with Gasteiger partial charge in [-0.25, -0.2) is 0 Å². The fourth-order valence-corrected chi connectivity index (χ4v) is 2.35. The van der Waals surface area contributed by atoms with E-state index in [1.54, 1.807) is 0 Å². The van der Waals surface area contributed by atoms with Gasteiger partial charge >= 0.3 is 0 Å². The Kier molecular flexibility index (Phi) is 4.58. The summed E-state index contributed by atoms with van der Waals surface area (Å²) in [5, 5.41) is 8.94. The summed E-state index contributed by atoms with van der Waals surface area (Å²) in [6.07, 6.45) is 2.20. The maximum atomic E-state index is 8.94. The number of hydrogen-bond donors (Lipinski definition) is 2. The van der Waals surface area contributed by atoms with Gasteiger partial charge in [-0.1, -0.05) is 12.1 Å². The molecule has 100 valence electrons. The van der Waals surface area contributed by atoms with Crippen molar-refractivity contribution in [3.63, 3.8) is 0 Å². The molecule has 3 N–H and O–H groups in total. The zero-order chi connectivity index (χ0) is 13.0. The lowest BCUT2D eigenvalue weighted by Crippen LogP contribution is -2.37. The Morgan fingerprint density at radius 1 is 1.50 bits per heavy atom. The molecule has 0 radical (unpaired) electrons. The van der Waals surface area contributed by atoms with Gasteiger partial charge in [-0.2, -0.15) is 0 Å². The van der Waals surface area contributed by atoms with Crippen LogP contribution in [-0.2, 0) is 13.0 Å². The second-order valence-electron chi connectivity index (χ2n) is 5.03. The lowest BCUT2D eigenvalue weighted by molar-refractivity contribution is 0.218. The molecule has 1 heterocycles. The molecule has 1 aromatic carbocycles. The van der Waals surface area contributed by atoms with Gasteiger partial charge < -0.3 is 20.5 Å². The third kappa shape index (κ3) is 3.45. The van der Waals surface area contributed by atoms with E-state index < -0.39 is 0 Å². The number of hydrogen-bond acceptors (Lipinski definition) is 4. The summed E-state index contributed by atoms with van der Waals surface area (Å²) in [6.45, 7) is 2.41. The van der Waals surface area contributed by atoms with Gasteiger partial charge in [-0.15, -0.1) is 0 Å². The van der Waals surface area contributed by atoms with E-state index in [4.69, 9.17) is 15.6 Å². The Labute approximate surface area is 108 Å². The lowest BCUT2D eigenvalue weighted by Gasteiger charge is -2.22. The first-order valence-electron chi connectivity index (χ1n) is 6.48. The lowest BCUT2D eigenvalue weighted by atomic mass is 10.0. The number of aliphatic hydroxyl groups excluding tert-OH is 1. The average molecular weight is 250 g/mol. The van der Waals surface area contributed by atoms with Crippen LogP contribution in [0.2, 0.25) is 0 Å². The van der Waals surface area contributed by atoms with Gasteiger partial charge in [-0.3, -0.25) is 0 Å². The fourth-order valence-electron chi connectivity index (χ4n) is 2.35. The van der Waals surface area contributed by atoms with Crippen molar-refractivity contribution in [1.82, 2.24) is 4.90 Å². The molecule has 1 unspecified atom stereocenters. The van der Waals surface area contributed by atoms with Crippen LogP contribution in [0, 0.1) is 0 Å². The Hall–Kier alpha value is -1.10. The van der Waals surface area contributed by atoms with E-state index in [0.717, 1.165) is 31.7 Å². The number of nitrogens with two attached hydrogens (primary N) is 1. The summed E-state index contributed by atoms with van der Waals surface area (Å²) in [4.78, 5) is 2.13. The highest BCUT2D eigenvalue weighted by atomic mass is 16.5. The van der Waals surface area contributed by atoms with Crippen LogP contribution in [0.5, 0.6) is 5.75 Å². The molecule has 2 rings (SSSR count). The minimum Gasteiger partial charge on any atom is -0.493 e. The van der Waals surface area contributed by atoms with E-state index in [2.05, 4.69) is 23.1 Å². The van der Waals surface area contributed by atoms with E-state index in [9.17, 15) is 0 Å². The van der Waals surface area contributed by atoms with E-state index in [1.165, 1.54) is 11.1 Å². The molecular formula is C14H22N2O2. The van der Waals surface area contributed by atoms with E-state index in [-0.39, 0.29) is 12.6 Å². The number of fused-ring (bicyclic) bond motifs is 1. The molecule has 1 atom stereocenters. The third-order valence-corrected chi connectivity index (χ3v) is 3.21. The second kappa shape index (κ2) is 6.18. The van der Waals surface area contributed by atoms with Crippen LogP contribution in [0.4, 0.5) is 0 Å². The van der Waals surface area contributed by atoms with Gasteiger partial charge in [0.1, 0.15) is 5.75 Å². The predicted octanol–water partition coefficient (Wildman–Crippen LogP) is 0.763. The summed E-state index contributed by atoms with van der Waals surface area (Å²) in [5.74, 6) is 1.03. The minimum atomic E-state index is -0.170. The number of nitrogens with zero attached hydrogens (tertiary/aromatic N) is 1. The Balaban J connectivity index is 1.97. The van der Waals surface area contributed by atoms with Gasteiger partial charge in [0, 0.05) is 19.1 Å². The van der Waals surface area contributed by atoms with Gasteiger partial charge in [0.25, 0.3) is 0 Å². The fraction of sp³-hybridized carbons (Fsp3) is 0.571. The number of ether oxygens (including phenoxy) is 1. The summed E-state index contributed by atoms with van der Waals surface area (Å²) in [7, 11) is 2.02. The molecule has 0 bridgehead atoms. The first kappa shape index (κ1) is 13.3.